The van der Waals surface area contributed by atoms with E-state index in [1.165, 1.54) is 10.6 Å². The van der Waals surface area contributed by atoms with E-state index in [1.807, 2.05) is 0 Å². The molecular weight excluding hydrogens is 382 g/mol. The molecule has 1 amide bonds. The van der Waals surface area contributed by atoms with Crippen LogP contribution < -0.4 is 9.62 Å². The first-order valence-corrected chi connectivity index (χ1v) is 9.52. The van der Waals surface area contributed by atoms with Gasteiger partial charge < -0.3 is 5.32 Å². The van der Waals surface area contributed by atoms with E-state index in [0.717, 1.165) is 10.0 Å². The lowest BCUT2D eigenvalue weighted by Crippen LogP contribution is -2.27. The monoisotopic (exact) mass is 395 g/mol. The number of rotatable bonds is 3. The Bertz CT molecular complexity index is 866. The SMILES string of the molecule is CS(=O)(=O)N1CCc2cc(C(=O)Nc3ccc(Br)cn3)ccc21. The van der Waals surface area contributed by atoms with Gasteiger partial charge in [-0.3, -0.25) is 9.10 Å². The second-order valence-corrected chi connectivity index (χ2v) is 8.07. The summed E-state index contributed by atoms with van der Waals surface area (Å²) in [6.45, 7) is 0.410. The van der Waals surface area contributed by atoms with Crippen LogP contribution in [0.15, 0.2) is 41.0 Å². The van der Waals surface area contributed by atoms with Gasteiger partial charge in [0.2, 0.25) is 10.0 Å². The zero-order chi connectivity index (χ0) is 16.6. The Labute approximate surface area is 142 Å². The lowest BCUT2D eigenvalue weighted by atomic mass is 10.1. The number of carbonyl (C=O) groups is 1. The molecule has 0 atom stereocenters. The fraction of sp³-hybridized carbons (Fsp3) is 0.200. The second-order valence-electron chi connectivity index (χ2n) is 5.24. The number of aromatic nitrogens is 1. The molecule has 3 rings (SSSR count). The number of pyridine rings is 1. The first-order chi connectivity index (χ1) is 10.8. The quantitative estimate of drug-likeness (QED) is 0.865. The largest absolute Gasteiger partial charge is 0.307 e. The fourth-order valence-electron chi connectivity index (χ4n) is 2.50. The molecule has 23 heavy (non-hydrogen) atoms. The van der Waals surface area contributed by atoms with Crippen LogP contribution in [0.3, 0.4) is 0 Å². The van der Waals surface area contributed by atoms with Crippen LogP contribution in [0.2, 0.25) is 0 Å². The topological polar surface area (TPSA) is 79.4 Å². The molecule has 1 aromatic heterocycles. The predicted octanol–water partition coefficient (Wildman–Crippen LogP) is 2.42. The van der Waals surface area contributed by atoms with Crippen molar-refractivity contribution in [2.45, 2.75) is 6.42 Å². The van der Waals surface area contributed by atoms with Crippen LogP contribution in [0, 0.1) is 0 Å². The lowest BCUT2D eigenvalue weighted by molar-refractivity contribution is 0.102. The summed E-state index contributed by atoms with van der Waals surface area (Å²) in [7, 11) is -3.28. The smallest absolute Gasteiger partial charge is 0.256 e. The molecule has 8 heteroatoms. The van der Waals surface area contributed by atoms with E-state index < -0.39 is 10.0 Å². The summed E-state index contributed by atoms with van der Waals surface area (Å²) in [5.41, 5.74) is 1.97. The summed E-state index contributed by atoms with van der Waals surface area (Å²) in [5, 5.41) is 2.72. The van der Waals surface area contributed by atoms with Crippen LogP contribution in [0.5, 0.6) is 0 Å². The number of amides is 1. The molecule has 0 fully saturated rings. The Hall–Kier alpha value is -1.93. The first-order valence-electron chi connectivity index (χ1n) is 6.88. The van der Waals surface area contributed by atoms with Gasteiger partial charge in [0, 0.05) is 22.8 Å². The molecule has 0 aliphatic carbocycles. The van der Waals surface area contributed by atoms with Crippen molar-refractivity contribution in [3.8, 4) is 0 Å². The van der Waals surface area contributed by atoms with Crippen molar-refractivity contribution in [1.82, 2.24) is 4.98 Å². The molecule has 1 aliphatic heterocycles. The normalized spacial score (nSPS) is 13.7. The van der Waals surface area contributed by atoms with E-state index in [0.29, 0.717) is 30.0 Å². The fourth-order valence-corrected chi connectivity index (χ4v) is 3.69. The van der Waals surface area contributed by atoms with Crippen LogP contribution in [-0.2, 0) is 16.4 Å². The summed E-state index contributed by atoms with van der Waals surface area (Å²) in [6.07, 6.45) is 3.38. The van der Waals surface area contributed by atoms with Crippen LogP contribution in [0.25, 0.3) is 0 Å². The minimum absolute atomic E-state index is 0.277. The number of nitrogens with one attached hydrogen (secondary N) is 1. The molecule has 0 spiro atoms. The van der Waals surface area contributed by atoms with Gasteiger partial charge in [-0.25, -0.2) is 13.4 Å². The first kappa shape index (κ1) is 15.9. The third-order valence-electron chi connectivity index (χ3n) is 3.56. The van der Waals surface area contributed by atoms with Gasteiger partial charge in [0.05, 0.1) is 11.9 Å². The van der Waals surface area contributed by atoms with Crippen molar-refractivity contribution in [2.24, 2.45) is 0 Å². The summed E-state index contributed by atoms with van der Waals surface area (Å²) in [4.78, 5) is 16.4. The van der Waals surface area contributed by atoms with Gasteiger partial charge in [-0.2, -0.15) is 0 Å². The summed E-state index contributed by atoms with van der Waals surface area (Å²) in [5.74, 6) is 0.178. The third kappa shape index (κ3) is 3.37. The lowest BCUT2D eigenvalue weighted by Gasteiger charge is -2.16. The van der Waals surface area contributed by atoms with E-state index in [1.54, 1.807) is 36.5 Å². The number of hydrogen-bond donors (Lipinski definition) is 1. The van der Waals surface area contributed by atoms with Crippen molar-refractivity contribution in [3.63, 3.8) is 0 Å². The molecule has 0 radical (unpaired) electrons. The molecule has 0 saturated carbocycles. The highest BCUT2D eigenvalue weighted by Gasteiger charge is 2.26. The predicted molar refractivity (Wildman–Crippen MR) is 92.2 cm³/mol. The maximum atomic E-state index is 12.3. The third-order valence-corrected chi connectivity index (χ3v) is 5.21. The van der Waals surface area contributed by atoms with Gasteiger partial charge >= 0.3 is 0 Å². The molecule has 1 aromatic carbocycles. The Balaban J connectivity index is 1.82. The Kier molecular flexibility index (Phi) is 4.11. The van der Waals surface area contributed by atoms with Crippen LogP contribution in [-0.4, -0.2) is 32.1 Å². The number of benzene rings is 1. The van der Waals surface area contributed by atoms with Gasteiger partial charge in [-0.1, -0.05) is 0 Å². The van der Waals surface area contributed by atoms with Gasteiger partial charge in [0.15, 0.2) is 0 Å². The average molecular weight is 396 g/mol. The maximum Gasteiger partial charge on any atom is 0.256 e. The zero-order valence-electron chi connectivity index (χ0n) is 12.3. The van der Waals surface area contributed by atoms with Crippen molar-refractivity contribution in [1.29, 1.82) is 0 Å². The number of nitrogens with zero attached hydrogens (tertiary/aromatic N) is 2. The highest BCUT2D eigenvalue weighted by atomic mass is 79.9. The van der Waals surface area contributed by atoms with Gasteiger partial charge in [-0.15, -0.1) is 0 Å². The Morgan fingerprint density at radius 3 is 2.74 bits per heavy atom. The Morgan fingerprint density at radius 2 is 2.09 bits per heavy atom. The molecule has 1 aliphatic rings. The highest BCUT2D eigenvalue weighted by molar-refractivity contribution is 9.10. The minimum atomic E-state index is -3.28. The minimum Gasteiger partial charge on any atom is -0.307 e. The van der Waals surface area contributed by atoms with Gasteiger partial charge in [0.1, 0.15) is 5.82 Å². The number of carbonyl (C=O) groups excluding carboxylic acids is 1. The molecule has 120 valence electrons. The molecule has 0 unspecified atom stereocenters. The van der Waals surface area contributed by atoms with E-state index in [4.69, 9.17) is 0 Å². The van der Waals surface area contributed by atoms with E-state index >= 15 is 0 Å². The Morgan fingerprint density at radius 1 is 1.30 bits per heavy atom. The van der Waals surface area contributed by atoms with Gasteiger partial charge in [0.25, 0.3) is 5.91 Å². The molecular formula is C15H14BrN3O3S. The zero-order valence-corrected chi connectivity index (χ0v) is 14.7. The van der Waals surface area contributed by atoms with Crippen LogP contribution in [0.1, 0.15) is 15.9 Å². The summed E-state index contributed by atoms with van der Waals surface area (Å²) in [6, 6.07) is 8.51. The second kappa shape index (κ2) is 5.93. The van der Waals surface area contributed by atoms with Crippen molar-refractivity contribution in [3.05, 3.63) is 52.1 Å². The molecule has 0 bridgehead atoms. The van der Waals surface area contributed by atoms with E-state index in [9.17, 15) is 13.2 Å². The molecule has 1 N–H and O–H groups in total. The maximum absolute atomic E-state index is 12.3. The number of fused-ring (bicyclic) bond motifs is 1. The van der Waals surface area contributed by atoms with Crippen molar-refractivity contribution >= 4 is 43.4 Å². The number of sulfonamides is 1. The number of halogens is 1. The number of hydrogen-bond acceptors (Lipinski definition) is 4. The standard InChI is InChI=1S/C15H14BrN3O3S/c1-23(21,22)19-7-6-10-8-11(2-4-13(10)19)15(20)18-14-5-3-12(16)9-17-14/h2-5,8-9H,6-7H2,1H3,(H,17,18,20). The summed E-state index contributed by atoms with van der Waals surface area (Å²) >= 11 is 3.28. The summed E-state index contributed by atoms with van der Waals surface area (Å²) < 4.78 is 25.6. The van der Waals surface area contributed by atoms with Crippen LogP contribution in [0.4, 0.5) is 11.5 Å². The highest BCUT2D eigenvalue weighted by Crippen LogP contribution is 2.30. The molecule has 0 saturated heterocycles. The van der Waals surface area contributed by atoms with Crippen LogP contribution >= 0.6 is 15.9 Å². The number of anilines is 2. The van der Waals surface area contributed by atoms with Crippen molar-refractivity contribution < 1.29 is 13.2 Å². The van der Waals surface area contributed by atoms with Crippen molar-refractivity contribution in [2.75, 3.05) is 22.4 Å². The van der Waals surface area contributed by atoms with E-state index in [-0.39, 0.29) is 5.91 Å². The molecule has 2 heterocycles. The van der Waals surface area contributed by atoms with E-state index in [2.05, 4.69) is 26.2 Å². The average Bonchev–Trinajstić information content (AvgIpc) is 2.92. The molecule has 6 nitrogen and oxygen atoms in total. The molecule has 2 aromatic rings. The van der Waals surface area contributed by atoms with Gasteiger partial charge in [-0.05, 0) is 58.2 Å².